The van der Waals surface area contributed by atoms with Crippen LogP contribution in [0.4, 0.5) is 8.78 Å². The van der Waals surface area contributed by atoms with Gasteiger partial charge in [0.1, 0.15) is 0 Å². The van der Waals surface area contributed by atoms with E-state index in [2.05, 4.69) is 0 Å². The molecule has 0 bridgehead atoms. The van der Waals surface area contributed by atoms with Gasteiger partial charge in [-0.2, -0.15) is 0 Å². The maximum absolute atomic E-state index is 13.1. The van der Waals surface area contributed by atoms with Crippen molar-refractivity contribution in [3.8, 4) is 0 Å². The number of amides is 1. The van der Waals surface area contributed by atoms with E-state index >= 15 is 0 Å². The van der Waals surface area contributed by atoms with Crippen molar-refractivity contribution in [2.45, 2.75) is 45.7 Å². The fourth-order valence-electron chi connectivity index (χ4n) is 2.06. The molecule has 1 atom stereocenters. The van der Waals surface area contributed by atoms with E-state index in [1.165, 1.54) is 6.07 Å². The third-order valence-corrected chi connectivity index (χ3v) is 3.19. The number of hydrogen-bond donors (Lipinski definition) is 1. The van der Waals surface area contributed by atoms with Crippen LogP contribution in [-0.4, -0.2) is 23.4 Å². The van der Waals surface area contributed by atoms with E-state index in [0.717, 1.165) is 25.0 Å². The Kier molecular flexibility index (Phi) is 6.58. The molecular weight excluding hydrogens is 262 g/mol. The van der Waals surface area contributed by atoms with Gasteiger partial charge in [0.15, 0.2) is 11.6 Å². The number of rotatable bonds is 7. The van der Waals surface area contributed by atoms with Crippen LogP contribution in [0.1, 0.15) is 38.7 Å². The number of carbonyl (C=O) groups is 1. The highest BCUT2D eigenvalue weighted by molar-refractivity contribution is 5.76. The second-order valence-electron chi connectivity index (χ2n) is 4.91. The molecule has 1 rings (SSSR count). The monoisotopic (exact) mass is 284 g/mol. The van der Waals surface area contributed by atoms with Crippen LogP contribution in [-0.2, 0) is 11.3 Å². The fourth-order valence-corrected chi connectivity index (χ4v) is 2.06. The Morgan fingerprint density at radius 2 is 2.00 bits per heavy atom. The first-order valence-electron chi connectivity index (χ1n) is 6.95. The zero-order chi connectivity index (χ0) is 15.1. The third-order valence-electron chi connectivity index (χ3n) is 3.19. The maximum atomic E-state index is 13.1. The predicted molar refractivity (Wildman–Crippen MR) is 74.9 cm³/mol. The molecule has 0 radical (unpaired) electrons. The highest BCUT2D eigenvalue weighted by Crippen LogP contribution is 2.12. The Balaban J connectivity index is 2.66. The standard InChI is InChI=1S/C15H22F2N2O/c1-3-5-12(18)9-15(20)19(4-2)10-11-6-7-13(16)14(17)8-11/h6-8,12H,3-5,9-10,18H2,1-2H3. The predicted octanol–water partition coefficient (Wildman–Crippen LogP) is 2.83. The molecule has 0 saturated heterocycles. The molecule has 20 heavy (non-hydrogen) atoms. The van der Waals surface area contributed by atoms with Crippen LogP contribution >= 0.6 is 0 Å². The molecule has 1 unspecified atom stereocenters. The van der Waals surface area contributed by atoms with Crippen LogP contribution in [0.25, 0.3) is 0 Å². The Morgan fingerprint density at radius 1 is 1.30 bits per heavy atom. The summed E-state index contributed by atoms with van der Waals surface area (Å²) in [6, 6.07) is 3.54. The Labute approximate surface area is 118 Å². The summed E-state index contributed by atoms with van der Waals surface area (Å²) < 4.78 is 26.0. The molecule has 3 nitrogen and oxygen atoms in total. The van der Waals surface area contributed by atoms with Gasteiger partial charge in [0.2, 0.25) is 5.91 Å². The highest BCUT2D eigenvalue weighted by Gasteiger charge is 2.16. The Bertz CT molecular complexity index is 451. The zero-order valence-electron chi connectivity index (χ0n) is 12.0. The van der Waals surface area contributed by atoms with E-state index in [4.69, 9.17) is 5.73 Å². The second kappa shape index (κ2) is 7.94. The van der Waals surface area contributed by atoms with Crippen LogP contribution in [0.3, 0.4) is 0 Å². The number of hydrogen-bond acceptors (Lipinski definition) is 2. The molecule has 0 heterocycles. The van der Waals surface area contributed by atoms with Crippen molar-refractivity contribution in [1.29, 1.82) is 0 Å². The largest absolute Gasteiger partial charge is 0.339 e. The molecule has 2 N–H and O–H groups in total. The fraction of sp³-hybridized carbons (Fsp3) is 0.533. The SMILES string of the molecule is CCCC(N)CC(=O)N(CC)Cc1ccc(F)c(F)c1. The minimum atomic E-state index is -0.895. The van der Waals surface area contributed by atoms with Crippen molar-refractivity contribution in [1.82, 2.24) is 4.90 Å². The molecule has 0 spiro atoms. The highest BCUT2D eigenvalue weighted by atomic mass is 19.2. The van der Waals surface area contributed by atoms with Gasteiger partial charge in [0.25, 0.3) is 0 Å². The van der Waals surface area contributed by atoms with Crippen LogP contribution in [0, 0.1) is 11.6 Å². The van der Waals surface area contributed by atoms with E-state index in [0.29, 0.717) is 12.1 Å². The van der Waals surface area contributed by atoms with Crippen LogP contribution in [0.2, 0.25) is 0 Å². The molecule has 5 heteroatoms. The van der Waals surface area contributed by atoms with Crippen molar-refractivity contribution in [2.75, 3.05) is 6.54 Å². The summed E-state index contributed by atoms with van der Waals surface area (Å²) in [6.45, 7) is 4.65. The topological polar surface area (TPSA) is 46.3 Å². The van der Waals surface area contributed by atoms with Gasteiger partial charge in [0, 0.05) is 25.6 Å². The van der Waals surface area contributed by atoms with E-state index in [1.54, 1.807) is 4.90 Å². The first kappa shape index (κ1) is 16.6. The lowest BCUT2D eigenvalue weighted by atomic mass is 10.1. The lowest BCUT2D eigenvalue weighted by Crippen LogP contribution is -2.35. The van der Waals surface area contributed by atoms with Crippen LogP contribution in [0.5, 0.6) is 0 Å². The van der Waals surface area contributed by atoms with Gasteiger partial charge in [-0.15, -0.1) is 0 Å². The first-order chi connectivity index (χ1) is 9.47. The molecule has 112 valence electrons. The molecule has 0 aromatic heterocycles. The molecule has 0 fully saturated rings. The summed E-state index contributed by atoms with van der Waals surface area (Å²) in [5, 5.41) is 0. The zero-order valence-corrected chi connectivity index (χ0v) is 12.0. The molecule has 0 saturated carbocycles. The van der Waals surface area contributed by atoms with Gasteiger partial charge >= 0.3 is 0 Å². The molecule has 0 aliphatic rings. The van der Waals surface area contributed by atoms with E-state index in [-0.39, 0.29) is 24.9 Å². The Hall–Kier alpha value is -1.49. The van der Waals surface area contributed by atoms with Crippen molar-refractivity contribution in [3.63, 3.8) is 0 Å². The number of carbonyl (C=O) groups excluding carboxylic acids is 1. The van der Waals surface area contributed by atoms with Gasteiger partial charge in [0.05, 0.1) is 0 Å². The minimum absolute atomic E-state index is 0.0572. The number of nitrogens with two attached hydrogens (primary N) is 1. The van der Waals surface area contributed by atoms with E-state index in [1.807, 2.05) is 13.8 Å². The van der Waals surface area contributed by atoms with Crippen molar-refractivity contribution < 1.29 is 13.6 Å². The van der Waals surface area contributed by atoms with E-state index < -0.39 is 11.6 Å². The van der Waals surface area contributed by atoms with Gasteiger partial charge in [-0.25, -0.2) is 8.78 Å². The summed E-state index contributed by atoms with van der Waals surface area (Å²) in [5.41, 5.74) is 6.43. The van der Waals surface area contributed by atoms with Gasteiger partial charge in [-0.3, -0.25) is 4.79 Å². The third kappa shape index (κ3) is 4.89. The molecule has 0 aliphatic carbocycles. The summed E-state index contributed by atoms with van der Waals surface area (Å²) in [7, 11) is 0. The quantitative estimate of drug-likeness (QED) is 0.837. The van der Waals surface area contributed by atoms with Crippen molar-refractivity contribution in [2.24, 2.45) is 5.73 Å². The van der Waals surface area contributed by atoms with Crippen molar-refractivity contribution in [3.05, 3.63) is 35.4 Å². The molecular formula is C15H22F2N2O. The number of benzene rings is 1. The second-order valence-corrected chi connectivity index (χ2v) is 4.91. The van der Waals surface area contributed by atoms with Crippen LogP contribution in [0.15, 0.2) is 18.2 Å². The smallest absolute Gasteiger partial charge is 0.224 e. The molecule has 1 amide bonds. The maximum Gasteiger partial charge on any atom is 0.224 e. The normalized spacial score (nSPS) is 12.2. The number of halogens is 2. The van der Waals surface area contributed by atoms with Crippen molar-refractivity contribution >= 4 is 5.91 Å². The summed E-state index contributed by atoms with van der Waals surface area (Å²) in [5.74, 6) is -1.83. The lowest BCUT2D eigenvalue weighted by molar-refractivity contribution is -0.132. The minimum Gasteiger partial charge on any atom is -0.339 e. The molecule has 1 aromatic carbocycles. The van der Waals surface area contributed by atoms with Crippen LogP contribution < -0.4 is 5.73 Å². The van der Waals surface area contributed by atoms with Gasteiger partial charge in [-0.1, -0.05) is 19.4 Å². The number of nitrogens with zero attached hydrogens (tertiary/aromatic N) is 1. The van der Waals surface area contributed by atoms with Gasteiger partial charge < -0.3 is 10.6 Å². The summed E-state index contributed by atoms with van der Waals surface area (Å²) in [6.07, 6.45) is 2.02. The van der Waals surface area contributed by atoms with E-state index in [9.17, 15) is 13.6 Å². The average Bonchev–Trinajstić information content (AvgIpc) is 2.40. The summed E-state index contributed by atoms with van der Waals surface area (Å²) in [4.78, 5) is 13.7. The molecule has 0 aliphatic heterocycles. The lowest BCUT2D eigenvalue weighted by Gasteiger charge is -2.23. The Morgan fingerprint density at radius 3 is 2.55 bits per heavy atom. The first-order valence-corrected chi connectivity index (χ1v) is 6.95. The summed E-state index contributed by atoms with van der Waals surface area (Å²) >= 11 is 0. The average molecular weight is 284 g/mol. The molecule has 1 aromatic rings. The van der Waals surface area contributed by atoms with Gasteiger partial charge in [-0.05, 0) is 31.0 Å².